The summed E-state index contributed by atoms with van der Waals surface area (Å²) in [6.45, 7) is 4.28. The van der Waals surface area contributed by atoms with Crippen LogP contribution in [-0.4, -0.2) is 74.9 Å². The maximum atomic E-state index is 12.8. The monoisotopic (exact) mass is 1110 g/mol. The van der Waals surface area contributed by atoms with Gasteiger partial charge in [0.05, 0.1) is 27.7 Å². The molecule has 0 aromatic rings. The number of hydrogen-bond donors (Lipinski definition) is 1. The fraction of sp³-hybridized carbons (Fsp3) is 0.706. The molecule has 2 atom stereocenters. The highest BCUT2D eigenvalue weighted by molar-refractivity contribution is 7.47. The molecule has 0 aromatic carbocycles. The van der Waals surface area contributed by atoms with E-state index >= 15 is 0 Å². The van der Waals surface area contributed by atoms with E-state index in [0.29, 0.717) is 17.4 Å². The highest BCUT2D eigenvalue weighted by atomic mass is 31.2. The highest BCUT2D eigenvalue weighted by Crippen LogP contribution is 2.43. The molecule has 0 spiro atoms. The first-order valence-corrected chi connectivity index (χ1v) is 33.1. The van der Waals surface area contributed by atoms with E-state index in [1.165, 1.54) is 128 Å². The van der Waals surface area contributed by atoms with Crippen molar-refractivity contribution in [2.75, 3.05) is 47.5 Å². The zero-order chi connectivity index (χ0) is 57.0. The van der Waals surface area contributed by atoms with Crippen LogP contribution in [0.5, 0.6) is 0 Å². The Morgan fingerprint density at radius 3 is 1.09 bits per heavy atom. The number of phosphoric ester groups is 1. The van der Waals surface area contributed by atoms with Crippen molar-refractivity contribution in [1.29, 1.82) is 0 Å². The second-order valence-electron chi connectivity index (χ2n) is 22.1. The van der Waals surface area contributed by atoms with Gasteiger partial charge in [0.15, 0.2) is 6.10 Å². The molecule has 0 aliphatic rings. The van der Waals surface area contributed by atoms with Gasteiger partial charge in [-0.15, -0.1) is 0 Å². The lowest BCUT2D eigenvalue weighted by molar-refractivity contribution is -0.870. The quantitative estimate of drug-likeness (QED) is 0.0211. The fourth-order valence-electron chi connectivity index (χ4n) is 8.44. The van der Waals surface area contributed by atoms with Crippen molar-refractivity contribution in [2.24, 2.45) is 0 Å². The van der Waals surface area contributed by atoms with Gasteiger partial charge in [0.25, 0.3) is 0 Å². The molecular weight excluding hydrogens is 990 g/mol. The number of phosphoric acid groups is 1. The average Bonchev–Trinajstić information content (AvgIpc) is 3.40. The van der Waals surface area contributed by atoms with Crippen molar-refractivity contribution in [3.63, 3.8) is 0 Å². The summed E-state index contributed by atoms with van der Waals surface area (Å²) in [4.78, 5) is 35.8. The Labute approximate surface area is 480 Å². The first-order chi connectivity index (χ1) is 38.0. The van der Waals surface area contributed by atoms with Gasteiger partial charge in [0.1, 0.15) is 19.8 Å². The Morgan fingerprint density at radius 2 is 0.731 bits per heavy atom. The lowest BCUT2D eigenvalue weighted by Crippen LogP contribution is -2.37. The number of rotatable bonds is 57. The molecule has 0 radical (unpaired) electrons. The van der Waals surface area contributed by atoms with Gasteiger partial charge in [-0.2, -0.15) is 0 Å². The standard InChI is InChI=1S/C68H118NO8P/c1-6-8-10-12-14-16-18-20-22-24-26-28-30-31-32-33-34-35-36-37-39-40-42-44-46-48-50-52-54-56-58-60-67(70)74-64-66(65-76-78(72,73)75-63-62-69(3,4)5)77-68(71)61-59-57-55-53-51-49-47-45-43-41-38-29-27-25-23-21-19-17-15-13-11-9-7-2/h9,11,15,17-18,20-21,23-24,26-27,29-31,41,43,47,49,66H,6-8,10,12-14,16,19,22,25,28,32-40,42,44-46,48,50-65H2,1-5H3/p+1/b11-9-,17-15-,20-18-,23-21-,26-24-,29-27-,31-30-,43-41-,49-47-. The summed E-state index contributed by atoms with van der Waals surface area (Å²) in [6, 6.07) is 0. The summed E-state index contributed by atoms with van der Waals surface area (Å²) in [6.07, 6.45) is 81.7. The third kappa shape index (κ3) is 61.9. The van der Waals surface area contributed by atoms with Crippen LogP contribution in [0.1, 0.15) is 258 Å². The predicted molar refractivity (Wildman–Crippen MR) is 335 cm³/mol. The molecule has 0 amide bonds. The normalized spacial score (nSPS) is 14.0. The van der Waals surface area contributed by atoms with E-state index in [2.05, 4.69) is 123 Å². The number of allylic oxidation sites excluding steroid dienone is 18. The Bertz CT molecular complexity index is 1680. The minimum atomic E-state index is -4.40. The predicted octanol–water partition coefficient (Wildman–Crippen LogP) is 20.2. The third-order valence-electron chi connectivity index (χ3n) is 13.3. The molecule has 9 nitrogen and oxygen atoms in total. The topological polar surface area (TPSA) is 108 Å². The van der Waals surface area contributed by atoms with Crippen molar-refractivity contribution in [3.8, 4) is 0 Å². The maximum absolute atomic E-state index is 12.8. The summed E-state index contributed by atoms with van der Waals surface area (Å²) in [5.41, 5.74) is 0. The van der Waals surface area contributed by atoms with Gasteiger partial charge >= 0.3 is 19.8 Å². The lowest BCUT2D eigenvalue weighted by atomic mass is 10.0. The van der Waals surface area contributed by atoms with Crippen molar-refractivity contribution in [1.82, 2.24) is 0 Å². The van der Waals surface area contributed by atoms with E-state index in [0.717, 1.165) is 96.3 Å². The molecule has 0 aromatic heterocycles. The number of nitrogens with zero attached hydrogens (tertiary/aromatic N) is 1. The third-order valence-corrected chi connectivity index (χ3v) is 14.3. The Hall–Kier alpha value is -3.33. The maximum Gasteiger partial charge on any atom is 0.472 e. The number of ether oxygens (including phenoxy) is 2. The number of carbonyl (C=O) groups is 2. The van der Waals surface area contributed by atoms with Gasteiger partial charge < -0.3 is 18.9 Å². The number of likely N-dealkylation sites (N-methyl/N-ethyl adjacent to an activating group) is 1. The van der Waals surface area contributed by atoms with E-state index < -0.39 is 26.5 Å². The van der Waals surface area contributed by atoms with Gasteiger partial charge in [0.2, 0.25) is 0 Å². The second kappa shape index (κ2) is 58.3. The van der Waals surface area contributed by atoms with Crippen LogP contribution in [0.2, 0.25) is 0 Å². The van der Waals surface area contributed by atoms with E-state index in [4.69, 9.17) is 18.5 Å². The zero-order valence-corrected chi connectivity index (χ0v) is 51.8. The molecule has 448 valence electrons. The number of quaternary nitrogens is 1. The summed E-state index contributed by atoms with van der Waals surface area (Å²) >= 11 is 0. The summed E-state index contributed by atoms with van der Waals surface area (Å²) in [5.74, 6) is -0.828. The molecule has 0 aliphatic carbocycles. The Kier molecular flexibility index (Phi) is 55.8. The second-order valence-corrected chi connectivity index (χ2v) is 23.5. The van der Waals surface area contributed by atoms with Crippen molar-refractivity contribution >= 4 is 19.8 Å². The number of unbranched alkanes of at least 4 members (excludes halogenated alkanes) is 25. The van der Waals surface area contributed by atoms with E-state index in [1.807, 2.05) is 21.1 Å². The Morgan fingerprint density at radius 1 is 0.410 bits per heavy atom. The number of carbonyl (C=O) groups excluding carboxylic acids is 2. The van der Waals surface area contributed by atoms with Crippen LogP contribution >= 0.6 is 7.82 Å². The van der Waals surface area contributed by atoms with Crippen LogP contribution in [0.3, 0.4) is 0 Å². The van der Waals surface area contributed by atoms with Gasteiger partial charge in [-0.1, -0.05) is 252 Å². The van der Waals surface area contributed by atoms with Gasteiger partial charge in [-0.05, 0) is 103 Å². The molecule has 0 bridgehead atoms. The minimum Gasteiger partial charge on any atom is -0.462 e. The van der Waals surface area contributed by atoms with Crippen molar-refractivity contribution in [2.45, 2.75) is 264 Å². The molecule has 78 heavy (non-hydrogen) atoms. The Balaban J connectivity index is 4.15. The van der Waals surface area contributed by atoms with Gasteiger partial charge in [0, 0.05) is 12.8 Å². The highest BCUT2D eigenvalue weighted by Gasteiger charge is 2.27. The summed E-state index contributed by atoms with van der Waals surface area (Å²) in [7, 11) is 1.45. The molecule has 1 N–H and O–H groups in total. The van der Waals surface area contributed by atoms with Gasteiger partial charge in [-0.3, -0.25) is 18.6 Å². The van der Waals surface area contributed by atoms with Crippen LogP contribution in [0.4, 0.5) is 0 Å². The molecule has 10 heteroatoms. The summed E-state index contributed by atoms with van der Waals surface area (Å²) < 4.78 is 34.6. The molecule has 0 saturated carbocycles. The van der Waals surface area contributed by atoms with Crippen LogP contribution in [0, 0.1) is 0 Å². The van der Waals surface area contributed by atoms with Crippen molar-refractivity contribution in [3.05, 3.63) is 109 Å². The van der Waals surface area contributed by atoms with Crippen molar-refractivity contribution < 1.29 is 42.1 Å². The van der Waals surface area contributed by atoms with E-state index in [1.54, 1.807) is 0 Å². The largest absolute Gasteiger partial charge is 0.472 e. The van der Waals surface area contributed by atoms with Crippen LogP contribution in [0.15, 0.2) is 109 Å². The smallest absolute Gasteiger partial charge is 0.462 e. The molecule has 0 aliphatic heterocycles. The van der Waals surface area contributed by atoms with Crippen LogP contribution < -0.4 is 0 Å². The minimum absolute atomic E-state index is 0.0212. The SMILES string of the molecule is CC/C=C\C/C=C\C/C=C\C/C=C\C/C=C\C/C=C\CCCCCCC(=O)OC(COC(=O)CCCCCCCCCCCCCCCCCC/C=C\C/C=C\C/C=C\CCCCCCC)COP(=O)(O)OCC[N+](C)(C)C. The number of hydrogen-bond acceptors (Lipinski definition) is 7. The van der Waals surface area contributed by atoms with E-state index in [9.17, 15) is 19.0 Å². The molecule has 0 saturated heterocycles. The zero-order valence-electron chi connectivity index (χ0n) is 50.9. The molecule has 0 rings (SSSR count). The molecule has 2 unspecified atom stereocenters. The molecule has 0 heterocycles. The lowest BCUT2D eigenvalue weighted by Gasteiger charge is -2.24. The average molecular weight is 1110 g/mol. The summed E-state index contributed by atoms with van der Waals surface area (Å²) in [5, 5.41) is 0. The molecular formula is C68H119NO8P+. The van der Waals surface area contributed by atoms with Crippen LogP contribution in [0.25, 0.3) is 0 Å². The van der Waals surface area contributed by atoms with Crippen LogP contribution in [-0.2, 0) is 32.7 Å². The van der Waals surface area contributed by atoms with E-state index in [-0.39, 0.29) is 32.0 Å². The number of esters is 2. The first-order valence-electron chi connectivity index (χ1n) is 31.6. The molecule has 0 fully saturated rings. The van der Waals surface area contributed by atoms with Gasteiger partial charge in [-0.25, -0.2) is 4.57 Å². The fourth-order valence-corrected chi connectivity index (χ4v) is 9.18. The first kappa shape index (κ1) is 74.7.